The maximum Gasteiger partial charge on any atom is 0.316 e. The van der Waals surface area contributed by atoms with Gasteiger partial charge in [0.05, 0.1) is 0 Å². The topological polar surface area (TPSA) is 56.4 Å². The fraction of sp³-hybridized carbons (Fsp3) is 0.933. The van der Waals surface area contributed by atoms with Gasteiger partial charge in [-0.15, -0.1) is 0 Å². The van der Waals surface area contributed by atoms with E-state index >= 15 is 0 Å². The Morgan fingerprint density at radius 1 is 1.15 bits per heavy atom. The van der Waals surface area contributed by atoms with E-state index in [-0.39, 0.29) is 6.03 Å². The molecule has 2 rings (SSSR count). The number of amides is 2. The minimum absolute atomic E-state index is 0.0104. The highest BCUT2D eigenvalue weighted by atomic mass is 16.2. The zero-order chi connectivity index (χ0) is 14.4. The molecule has 1 saturated heterocycles. The van der Waals surface area contributed by atoms with Gasteiger partial charge in [-0.3, -0.25) is 0 Å². The lowest BCUT2D eigenvalue weighted by Gasteiger charge is -2.33. The van der Waals surface area contributed by atoms with Crippen LogP contribution >= 0.6 is 0 Å². The molecule has 3 atom stereocenters. The zero-order valence-corrected chi connectivity index (χ0v) is 13.0. The standard InChI is InChI=1S/C15H30N4O/c1-19(2)15(20)18-11-10-17-14-8-5-6-12(14)13-7-3-4-9-16-13/h12-14,16-17H,3-11H2,1-2H3,(H,18,20). The van der Waals surface area contributed by atoms with Crippen molar-refractivity contribution < 1.29 is 4.79 Å². The van der Waals surface area contributed by atoms with Crippen LogP contribution in [-0.4, -0.2) is 56.7 Å². The van der Waals surface area contributed by atoms with Crippen molar-refractivity contribution >= 4 is 6.03 Å². The number of piperidine rings is 1. The Morgan fingerprint density at radius 2 is 2.00 bits per heavy atom. The molecule has 2 aliphatic rings. The van der Waals surface area contributed by atoms with E-state index < -0.39 is 0 Å². The fourth-order valence-electron chi connectivity index (χ4n) is 3.55. The van der Waals surface area contributed by atoms with Crippen LogP contribution in [0.4, 0.5) is 4.79 Å². The number of nitrogens with zero attached hydrogens (tertiary/aromatic N) is 1. The Kier molecular flexibility index (Phi) is 6.10. The van der Waals surface area contributed by atoms with Crippen LogP contribution in [0.5, 0.6) is 0 Å². The van der Waals surface area contributed by atoms with Crippen molar-refractivity contribution in [3.05, 3.63) is 0 Å². The maximum atomic E-state index is 11.4. The second kappa shape index (κ2) is 7.84. The molecule has 0 aromatic rings. The molecule has 5 nitrogen and oxygen atoms in total. The first kappa shape index (κ1) is 15.6. The molecule has 3 N–H and O–H groups in total. The van der Waals surface area contributed by atoms with Crippen LogP contribution in [-0.2, 0) is 0 Å². The lowest BCUT2D eigenvalue weighted by atomic mass is 9.88. The molecule has 0 spiro atoms. The third-order valence-corrected chi connectivity index (χ3v) is 4.65. The molecule has 116 valence electrons. The monoisotopic (exact) mass is 282 g/mol. The molecule has 3 unspecified atom stereocenters. The summed E-state index contributed by atoms with van der Waals surface area (Å²) in [6, 6.07) is 1.32. The summed E-state index contributed by atoms with van der Waals surface area (Å²) in [5.41, 5.74) is 0. The predicted molar refractivity (Wildman–Crippen MR) is 81.9 cm³/mol. The number of urea groups is 1. The van der Waals surface area contributed by atoms with Gasteiger partial charge in [0, 0.05) is 39.3 Å². The fourth-order valence-corrected chi connectivity index (χ4v) is 3.55. The maximum absolute atomic E-state index is 11.4. The van der Waals surface area contributed by atoms with E-state index in [0.717, 1.165) is 12.5 Å². The molecule has 5 heteroatoms. The Balaban J connectivity index is 1.67. The molecule has 1 aliphatic carbocycles. The highest BCUT2D eigenvalue weighted by Crippen LogP contribution is 2.31. The third kappa shape index (κ3) is 4.35. The summed E-state index contributed by atoms with van der Waals surface area (Å²) in [7, 11) is 3.54. The van der Waals surface area contributed by atoms with E-state index in [2.05, 4.69) is 16.0 Å². The molecule has 20 heavy (non-hydrogen) atoms. The van der Waals surface area contributed by atoms with Crippen LogP contribution in [0.25, 0.3) is 0 Å². The van der Waals surface area contributed by atoms with Crippen molar-refractivity contribution in [1.29, 1.82) is 0 Å². The van der Waals surface area contributed by atoms with Crippen LogP contribution in [0.3, 0.4) is 0 Å². The highest BCUT2D eigenvalue weighted by Gasteiger charge is 2.33. The van der Waals surface area contributed by atoms with Gasteiger partial charge in [-0.25, -0.2) is 4.79 Å². The molecule has 1 saturated carbocycles. The first-order chi connectivity index (χ1) is 9.68. The Bertz CT molecular complexity index is 302. The second-order valence-corrected chi connectivity index (χ2v) is 6.34. The quantitative estimate of drug-likeness (QED) is 0.663. The number of rotatable bonds is 5. The van der Waals surface area contributed by atoms with Gasteiger partial charge in [-0.05, 0) is 38.1 Å². The van der Waals surface area contributed by atoms with Gasteiger partial charge in [0.2, 0.25) is 0 Å². The first-order valence-electron chi connectivity index (χ1n) is 8.10. The zero-order valence-electron chi connectivity index (χ0n) is 13.0. The Hall–Kier alpha value is -0.810. The van der Waals surface area contributed by atoms with Crippen LogP contribution in [0, 0.1) is 5.92 Å². The number of hydrogen-bond acceptors (Lipinski definition) is 3. The molecule has 2 fully saturated rings. The average Bonchev–Trinajstić information content (AvgIpc) is 2.92. The van der Waals surface area contributed by atoms with Gasteiger partial charge in [-0.1, -0.05) is 12.8 Å². The lowest BCUT2D eigenvalue weighted by molar-refractivity contribution is 0.216. The summed E-state index contributed by atoms with van der Waals surface area (Å²) in [5, 5.41) is 10.3. The Labute approximate surface area is 122 Å². The molecule has 0 aromatic heterocycles. The van der Waals surface area contributed by atoms with E-state index in [4.69, 9.17) is 0 Å². The van der Waals surface area contributed by atoms with Crippen molar-refractivity contribution in [1.82, 2.24) is 20.9 Å². The minimum Gasteiger partial charge on any atom is -0.337 e. The molecule has 0 aromatic carbocycles. The van der Waals surface area contributed by atoms with Crippen molar-refractivity contribution in [3.63, 3.8) is 0 Å². The third-order valence-electron chi connectivity index (χ3n) is 4.65. The van der Waals surface area contributed by atoms with Crippen LogP contribution in [0.1, 0.15) is 38.5 Å². The predicted octanol–water partition coefficient (Wildman–Crippen LogP) is 1.16. The summed E-state index contributed by atoms with van der Waals surface area (Å²) < 4.78 is 0. The minimum atomic E-state index is -0.0104. The molecule has 2 amide bonds. The van der Waals surface area contributed by atoms with E-state index in [1.54, 1.807) is 19.0 Å². The van der Waals surface area contributed by atoms with Gasteiger partial charge in [0.15, 0.2) is 0 Å². The van der Waals surface area contributed by atoms with Crippen LogP contribution in [0.2, 0.25) is 0 Å². The van der Waals surface area contributed by atoms with Gasteiger partial charge in [0.25, 0.3) is 0 Å². The molecule has 0 bridgehead atoms. The van der Waals surface area contributed by atoms with E-state index in [0.29, 0.717) is 18.6 Å². The van der Waals surface area contributed by atoms with Gasteiger partial charge in [-0.2, -0.15) is 0 Å². The Morgan fingerprint density at radius 3 is 2.70 bits per heavy atom. The van der Waals surface area contributed by atoms with E-state index in [1.807, 2.05) is 0 Å². The van der Waals surface area contributed by atoms with E-state index in [9.17, 15) is 4.79 Å². The molecular formula is C15H30N4O. The summed E-state index contributed by atoms with van der Waals surface area (Å²) >= 11 is 0. The van der Waals surface area contributed by atoms with Crippen LogP contribution in [0.15, 0.2) is 0 Å². The SMILES string of the molecule is CN(C)C(=O)NCCNC1CCCC1C1CCCCN1. The normalized spacial score (nSPS) is 30.2. The number of carbonyl (C=O) groups is 1. The lowest BCUT2D eigenvalue weighted by Crippen LogP contribution is -2.48. The van der Waals surface area contributed by atoms with Crippen molar-refractivity contribution in [3.8, 4) is 0 Å². The number of nitrogens with one attached hydrogen (secondary N) is 3. The van der Waals surface area contributed by atoms with Crippen molar-refractivity contribution in [2.24, 2.45) is 5.92 Å². The summed E-state index contributed by atoms with van der Waals surface area (Å²) in [6.07, 6.45) is 8.01. The van der Waals surface area contributed by atoms with Gasteiger partial charge in [0.1, 0.15) is 0 Å². The molecule has 0 radical (unpaired) electrons. The average molecular weight is 282 g/mol. The molecule has 1 heterocycles. The molecular weight excluding hydrogens is 252 g/mol. The summed E-state index contributed by atoms with van der Waals surface area (Å²) in [5.74, 6) is 0.778. The van der Waals surface area contributed by atoms with Crippen LogP contribution < -0.4 is 16.0 Å². The number of hydrogen-bond donors (Lipinski definition) is 3. The summed E-state index contributed by atoms with van der Waals surface area (Å²) in [4.78, 5) is 13.0. The second-order valence-electron chi connectivity index (χ2n) is 6.34. The highest BCUT2D eigenvalue weighted by molar-refractivity contribution is 5.73. The van der Waals surface area contributed by atoms with Crippen molar-refractivity contribution in [2.45, 2.75) is 50.6 Å². The van der Waals surface area contributed by atoms with Gasteiger partial charge < -0.3 is 20.9 Å². The largest absolute Gasteiger partial charge is 0.337 e. The van der Waals surface area contributed by atoms with E-state index in [1.165, 1.54) is 45.1 Å². The molecule has 1 aliphatic heterocycles. The van der Waals surface area contributed by atoms with Crippen molar-refractivity contribution in [2.75, 3.05) is 33.7 Å². The number of carbonyl (C=O) groups excluding carboxylic acids is 1. The smallest absolute Gasteiger partial charge is 0.316 e. The first-order valence-corrected chi connectivity index (χ1v) is 8.10. The summed E-state index contributed by atoms with van der Waals surface area (Å²) in [6.45, 7) is 2.76. The van der Waals surface area contributed by atoms with Gasteiger partial charge >= 0.3 is 6.03 Å².